The Bertz CT molecular complexity index is 914. The molecule has 6 heteroatoms. The molecule has 0 spiro atoms. The first-order valence-electron chi connectivity index (χ1n) is 9.54. The van der Waals surface area contributed by atoms with E-state index in [2.05, 4.69) is 78.1 Å². The van der Waals surface area contributed by atoms with Gasteiger partial charge >= 0.3 is 0 Å². The molecule has 0 radical (unpaired) electrons. The lowest BCUT2D eigenvalue weighted by Crippen LogP contribution is -2.44. The highest BCUT2D eigenvalue weighted by Gasteiger charge is 2.27. The average Bonchev–Trinajstić information content (AvgIpc) is 3.27. The van der Waals surface area contributed by atoms with Gasteiger partial charge in [-0.25, -0.2) is 0 Å². The second-order valence-electron chi connectivity index (χ2n) is 7.40. The summed E-state index contributed by atoms with van der Waals surface area (Å²) in [5.41, 5.74) is 4.64. The van der Waals surface area contributed by atoms with Gasteiger partial charge in [-0.05, 0) is 39.4 Å². The van der Waals surface area contributed by atoms with Gasteiger partial charge in [0.15, 0.2) is 5.82 Å². The number of hydrogen-bond acceptors (Lipinski definition) is 5. The van der Waals surface area contributed by atoms with Crippen molar-refractivity contribution in [1.82, 2.24) is 24.9 Å². The monoisotopic (exact) mass is 365 g/mol. The Morgan fingerprint density at radius 1 is 1.22 bits per heavy atom. The quantitative estimate of drug-likeness (QED) is 0.768. The third kappa shape index (κ3) is 3.31. The van der Waals surface area contributed by atoms with Crippen LogP contribution in [0, 0.1) is 13.8 Å². The number of benzene rings is 1. The lowest BCUT2D eigenvalue weighted by molar-refractivity contribution is 0.190. The normalized spacial score (nSPS) is 19.3. The summed E-state index contributed by atoms with van der Waals surface area (Å²) in [5, 5.41) is 7.68. The van der Waals surface area contributed by atoms with Gasteiger partial charge in [-0.2, -0.15) is 4.98 Å². The van der Waals surface area contributed by atoms with E-state index >= 15 is 0 Å². The van der Waals surface area contributed by atoms with Gasteiger partial charge in [0.05, 0.1) is 17.6 Å². The number of hydrogen-bond donors (Lipinski definition) is 1. The van der Waals surface area contributed by atoms with Gasteiger partial charge in [0.2, 0.25) is 0 Å². The second kappa shape index (κ2) is 7.29. The van der Waals surface area contributed by atoms with E-state index in [-0.39, 0.29) is 12.1 Å². The van der Waals surface area contributed by atoms with Crippen LogP contribution in [0.2, 0.25) is 0 Å². The fourth-order valence-corrected chi connectivity index (χ4v) is 4.04. The van der Waals surface area contributed by atoms with Crippen LogP contribution in [0.15, 0.2) is 40.9 Å². The first-order valence-corrected chi connectivity index (χ1v) is 9.54. The van der Waals surface area contributed by atoms with Gasteiger partial charge in [-0.1, -0.05) is 35.5 Å². The zero-order valence-electron chi connectivity index (χ0n) is 16.4. The van der Waals surface area contributed by atoms with Crippen LogP contribution in [0.1, 0.15) is 41.8 Å². The molecule has 2 aromatic heterocycles. The van der Waals surface area contributed by atoms with Crippen LogP contribution in [0.4, 0.5) is 0 Å². The summed E-state index contributed by atoms with van der Waals surface area (Å²) in [5.74, 6) is 1.35. The molecule has 142 valence electrons. The van der Waals surface area contributed by atoms with E-state index in [1.165, 1.54) is 11.3 Å². The summed E-state index contributed by atoms with van der Waals surface area (Å²) in [4.78, 5) is 7.00. The second-order valence-corrected chi connectivity index (χ2v) is 7.40. The number of piperazine rings is 1. The molecule has 1 aromatic carbocycles. The first kappa shape index (κ1) is 17.9. The molecule has 1 aliphatic rings. The van der Waals surface area contributed by atoms with Gasteiger partial charge in [-0.15, -0.1) is 0 Å². The third-order valence-corrected chi connectivity index (χ3v) is 5.63. The van der Waals surface area contributed by atoms with Gasteiger partial charge in [0.1, 0.15) is 0 Å². The van der Waals surface area contributed by atoms with Crippen molar-refractivity contribution < 1.29 is 4.52 Å². The first-order chi connectivity index (χ1) is 13.1. The molecule has 4 rings (SSSR count). The lowest BCUT2D eigenvalue weighted by Gasteiger charge is -2.30. The highest BCUT2D eigenvalue weighted by Crippen LogP contribution is 2.31. The fourth-order valence-electron chi connectivity index (χ4n) is 4.04. The van der Waals surface area contributed by atoms with Gasteiger partial charge in [0.25, 0.3) is 5.89 Å². The van der Waals surface area contributed by atoms with Crippen molar-refractivity contribution in [2.45, 2.75) is 32.9 Å². The number of likely N-dealkylation sites (N-methyl/N-ethyl adjacent to an activating group) is 1. The fraction of sp³-hybridized carbons (Fsp3) is 0.429. The van der Waals surface area contributed by atoms with Crippen molar-refractivity contribution >= 4 is 0 Å². The Morgan fingerprint density at radius 2 is 2.00 bits per heavy atom. The van der Waals surface area contributed by atoms with E-state index in [0.717, 1.165) is 36.7 Å². The molecule has 3 heterocycles. The van der Waals surface area contributed by atoms with Crippen molar-refractivity contribution in [3.05, 3.63) is 59.2 Å². The molecule has 27 heavy (non-hydrogen) atoms. The zero-order chi connectivity index (χ0) is 19.0. The minimum Gasteiger partial charge on any atom is -0.341 e. The maximum Gasteiger partial charge on any atom is 0.259 e. The van der Waals surface area contributed by atoms with Gasteiger partial charge in [-0.3, -0.25) is 4.90 Å². The third-order valence-electron chi connectivity index (χ3n) is 5.63. The van der Waals surface area contributed by atoms with E-state index in [0.29, 0.717) is 5.89 Å². The highest BCUT2D eigenvalue weighted by molar-refractivity contribution is 5.59. The Hall–Kier alpha value is -2.44. The molecule has 1 fully saturated rings. The summed E-state index contributed by atoms with van der Waals surface area (Å²) < 4.78 is 7.99. The Labute approximate surface area is 160 Å². The van der Waals surface area contributed by atoms with Crippen molar-refractivity contribution in [2.24, 2.45) is 0 Å². The summed E-state index contributed by atoms with van der Waals surface area (Å²) >= 11 is 0. The molecule has 0 bridgehead atoms. The van der Waals surface area contributed by atoms with Gasteiger partial charge in [0, 0.05) is 31.0 Å². The largest absolute Gasteiger partial charge is 0.341 e. The van der Waals surface area contributed by atoms with Gasteiger partial charge < -0.3 is 14.4 Å². The minimum atomic E-state index is 0.156. The molecular formula is C21H27N5O. The standard InChI is InChI=1S/C21H27N5O/c1-14-12-18(16(3)26(14)15(2)17-8-6-5-7-9-17)21-23-20(24-27-21)19-13-22-10-11-25(19)4/h5-9,12,15,19,22H,10-11,13H2,1-4H3. The molecular weight excluding hydrogens is 338 g/mol. The topological polar surface area (TPSA) is 59.1 Å². The van der Waals surface area contributed by atoms with E-state index in [9.17, 15) is 0 Å². The van der Waals surface area contributed by atoms with Crippen molar-refractivity contribution in [2.75, 3.05) is 26.7 Å². The average molecular weight is 365 g/mol. The van der Waals surface area contributed by atoms with E-state index < -0.39 is 0 Å². The molecule has 0 saturated carbocycles. The molecule has 0 aliphatic carbocycles. The number of aromatic nitrogens is 3. The van der Waals surface area contributed by atoms with Crippen LogP contribution in [0.5, 0.6) is 0 Å². The van der Waals surface area contributed by atoms with Crippen LogP contribution in [-0.2, 0) is 0 Å². The molecule has 1 N–H and O–H groups in total. The molecule has 3 aromatic rings. The van der Waals surface area contributed by atoms with Crippen molar-refractivity contribution in [3.8, 4) is 11.5 Å². The Kier molecular flexibility index (Phi) is 4.85. The van der Waals surface area contributed by atoms with E-state index in [4.69, 9.17) is 9.51 Å². The lowest BCUT2D eigenvalue weighted by atomic mass is 10.1. The maximum absolute atomic E-state index is 5.66. The number of nitrogens with one attached hydrogen (secondary N) is 1. The summed E-state index contributed by atoms with van der Waals surface area (Å²) in [7, 11) is 2.11. The zero-order valence-corrected chi connectivity index (χ0v) is 16.4. The van der Waals surface area contributed by atoms with Crippen molar-refractivity contribution in [3.63, 3.8) is 0 Å². The number of aryl methyl sites for hydroxylation is 1. The van der Waals surface area contributed by atoms with Crippen LogP contribution in [0.25, 0.3) is 11.5 Å². The molecule has 2 unspecified atom stereocenters. The Morgan fingerprint density at radius 3 is 2.74 bits per heavy atom. The van der Waals surface area contributed by atoms with Crippen LogP contribution in [0.3, 0.4) is 0 Å². The van der Waals surface area contributed by atoms with E-state index in [1.807, 2.05) is 6.07 Å². The molecule has 1 aliphatic heterocycles. The summed E-state index contributed by atoms with van der Waals surface area (Å²) in [6.07, 6.45) is 0. The molecule has 1 saturated heterocycles. The van der Waals surface area contributed by atoms with E-state index in [1.54, 1.807) is 0 Å². The molecule has 0 amide bonds. The molecule has 6 nitrogen and oxygen atoms in total. The van der Waals surface area contributed by atoms with Crippen LogP contribution >= 0.6 is 0 Å². The highest BCUT2D eigenvalue weighted by atomic mass is 16.5. The van der Waals surface area contributed by atoms with Crippen molar-refractivity contribution in [1.29, 1.82) is 0 Å². The number of nitrogens with zero attached hydrogens (tertiary/aromatic N) is 4. The van der Waals surface area contributed by atoms with Crippen LogP contribution < -0.4 is 5.32 Å². The maximum atomic E-state index is 5.66. The minimum absolute atomic E-state index is 0.156. The SMILES string of the molecule is Cc1cc(-c2nc(C3CNCCN3C)no2)c(C)n1C(C)c1ccccc1. The Balaban J connectivity index is 1.66. The summed E-state index contributed by atoms with van der Waals surface area (Å²) in [6, 6.07) is 13.1. The predicted octanol–water partition coefficient (Wildman–Crippen LogP) is 3.34. The van der Waals surface area contributed by atoms with Crippen LogP contribution in [-0.4, -0.2) is 46.3 Å². The molecule has 2 atom stereocenters. The predicted molar refractivity (Wildman–Crippen MR) is 106 cm³/mol. The smallest absolute Gasteiger partial charge is 0.259 e. The number of rotatable bonds is 4. The summed E-state index contributed by atoms with van der Waals surface area (Å²) in [6.45, 7) is 9.31.